The molecule has 0 aromatic heterocycles. The Labute approximate surface area is 178 Å². The van der Waals surface area contributed by atoms with Crippen LogP contribution in [-0.2, 0) is 19.1 Å². The van der Waals surface area contributed by atoms with E-state index >= 15 is 0 Å². The number of ether oxygens (including phenoxy) is 2. The van der Waals surface area contributed by atoms with Crippen LogP contribution in [0.25, 0.3) is 0 Å². The Bertz CT molecular complexity index is 741. The van der Waals surface area contributed by atoms with Gasteiger partial charge in [0.2, 0.25) is 0 Å². The Balaban J connectivity index is 1.15. The molecular formula is C26H34O4. The molecule has 0 radical (unpaired) electrons. The topological polar surface area (TPSA) is 52.6 Å². The highest BCUT2D eigenvalue weighted by atomic mass is 16.5. The number of carbonyl (C=O) groups excluding carboxylic acids is 2. The molecule has 0 N–H and O–H groups in total. The second-order valence-corrected chi connectivity index (χ2v) is 12.3. The Kier molecular flexibility index (Phi) is 3.40. The first-order valence-corrected chi connectivity index (χ1v) is 13.1. The van der Waals surface area contributed by atoms with E-state index in [1.165, 1.54) is 25.7 Å². The molecule has 7 saturated carbocycles. The fraction of sp³-hybridized carbons (Fsp3) is 0.923. The van der Waals surface area contributed by atoms with E-state index < -0.39 is 0 Å². The lowest BCUT2D eigenvalue weighted by atomic mass is 9.43. The highest BCUT2D eigenvalue weighted by molar-refractivity contribution is 5.71. The van der Waals surface area contributed by atoms with Gasteiger partial charge in [-0.1, -0.05) is 0 Å². The van der Waals surface area contributed by atoms with Crippen LogP contribution in [0.15, 0.2) is 0 Å². The number of fused-ring (bicyclic) bond motifs is 7. The number of carbonyl (C=O) groups is 2. The van der Waals surface area contributed by atoms with Crippen LogP contribution in [0.1, 0.15) is 64.2 Å². The van der Waals surface area contributed by atoms with Gasteiger partial charge in [0.1, 0.15) is 12.2 Å². The highest BCUT2D eigenvalue weighted by Gasteiger charge is 2.78. The molecule has 8 fully saturated rings. The lowest BCUT2D eigenvalue weighted by Gasteiger charge is -2.61. The summed E-state index contributed by atoms with van der Waals surface area (Å²) in [6.07, 6.45) is 10.5. The van der Waals surface area contributed by atoms with Crippen molar-refractivity contribution < 1.29 is 19.1 Å². The average molecular weight is 411 g/mol. The summed E-state index contributed by atoms with van der Waals surface area (Å²) in [4.78, 5) is 25.1. The summed E-state index contributed by atoms with van der Waals surface area (Å²) < 4.78 is 12.2. The van der Waals surface area contributed by atoms with Crippen molar-refractivity contribution in [2.24, 2.45) is 71.0 Å². The monoisotopic (exact) mass is 410 g/mol. The molecule has 8 aliphatic rings. The molecule has 0 unspecified atom stereocenters. The second-order valence-electron chi connectivity index (χ2n) is 12.3. The first kappa shape index (κ1) is 17.5. The molecule has 4 heteroatoms. The normalized spacial score (nSPS) is 62.0. The van der Waals surface area contributed by atoms with E-state index in [1.807, 2.05) is 0 Å². The maximum absolute atomic E-state index is 12.5. The largest absolute Gasteiger partial charge is 0.462 e. The quantitative estimate of drug-likeness (QED) is 0.561. The van der Waals surface area contributed by atoms with Gasteiger partial charge < -0.3 is 9.47 Å². The summed E-state index contributed by atoms with van der Waals surface area (Å²) in [5, 5.41) is 0. The second kappa shape index (κ2) is 5.84. The van der Waals surface area contributed by atoms with Crippen LogP contribution in [0.2, 0.25) is 0 Å². The van der Waals surface area contributed by atoms with Crippen LogP contribution in [0.5, 0.6) is 0 Å². The lowest BCUT2D eigenvalue weighted by Crippen LogP contribution is -2.59. The smallest absolute Gasteiger partial charge is 0.306 e. The first-order valence-electron chi connectivity index (χ1n) is 13.1. The molecule has 8 rings (SSSR count). The van der Waals surface area contributed by atoms with Gasteiger partial charge in [0.05, 0.1) is 0 Å². The van der Waals surface area contributed by atoms with Crippen LogP contribution in [0, 0.1) is 71.0 Å². The number of hydrogen-bond donors (Lipinski definition) is 0. The minimum atomic E-state index is -0.0226. The van der Waals surface area contributed by atoms with Crippen LogP contribution >= 0.6 is 0 Å². The van der Waals surface area contributed by atoms with Crippen molar-refractivity contribution in [3.05, 3.63) is 0 Å². The van der Waals surface area contributed by atoms with Crippen LogP contribution in [0.3, 0.4) is 0 Å². The third-order valence-electron chi connectivity index (χ3n) is 11.9. The lowest BCUT2D eigenvalue weighted by molar-refractivity contribution is -0.174. The van der Waals surface area contributed by atoms with Gasteiger partial charge in [0.15, 0.2) is 0 Å². The molecular weight excluding hydrogens is 376 g/mol. The Morgan fingerprint density at radius 2 is 0.933 bits per heavy atom. The van der Waals surface area contributed by atoms with Gasteiger partial charge in [-0.25, -0.2) is 0 Å². The number of esters is 2. The molecule has 0 amide bonds. The zero-order valence-electron chi connectivity index (χ0n) is 17.8. The van der Waals surface area contributed by atoms with Gasteiger partial charge in [-0.3, -0.25) is 9.59 Å². The minimum absolute atomic E-state index is 0.0226. The Hall–Kier alpha value is -1.06. The van der Waals surface area contributed by atoms with Crippen LogP contribution in [0.4, 0.5) is 0 Å². The van der Waals surface area contributed by atoms with E-state index in [4.69, 9.17) is 9.47 Å². The Morgan fingerprint density at radius 3 is 1.40 bits per heavy atom. The van der Waals surface area contributed by atoms with Crippen LogP contribution in [-0.4, -0.2) is 24.1 Å². The molecule has 4 nitrogen and oxygen atoms in total. The standard InChI is InChI=1S/C26H34O4/c27-19-3-1-2-4-20(28)30-18-8-6-12-14-10-16(22(12)18)26-24(14)23-13-9-15(25(23)26)21-11(13)5-7-17(21)29-19/h11-18,21-26H,1-10H2/t11-,12-,13-,14-,15+,16+,17-,18-,21-,22-,23+,24+,25+,26+/m1/s1. The van der Waals surface area contributed by atoms with Crippen LogP contribution < -0.4 is 0 Å². The fourth-order valence-corrected chi connectivity index (χ4v) is 11.7. The molecule has 1 saturated heterocycles. The van der Waals surface area contributed by atoms with Gasteiger partial charge in [-0.2, -0.15) is 0 Å². The molecule has 1 aliphatic heterocycles. The number of rotatable bonds is 0. The number of hydrogen-bond acceptors (Lipinski definition) is 4. The van der Waals surface area contributed by atoms with E-state index in [1.54, 1.807) is 0 Å². The van der Waals surface area contributed by atoms with Gasteiger partial charge in [0.25, 0.3) is 0 Å². The summed E-state index contributed by atoms with van der Waals surface area (Å²) in [6.45, 7) is 0. The van der Waals surface area contributed by atoms with Crippen molar-refractivity contribution in [1.29, 1.82) is 0 Å². The van der Waals surface area contributed by atoms with E-state index in [0.717, 1.165) is 84.9 Å². The predicted molar refractivity (Wildman–Crippen MR) is 108 cm³/mol. The summed E-state index contributed by atoms with van der Waals surface area (Å²) in [7, 11) is 0. The van der Waals surface area contributed by atoms with E-state index in [-0.39, 0.29) is 24.1 Å². The summed E-state index contributed by atoms with van der Waals surface area (Å²) in [5.41, 5.74) is 0. The van der Waals surface area contributed by atoms with Crippen molar-refractivity contribution in [1.82, 2.24) is 0 Å². The summed E-state index contributed by atoms with van der Waals surface area (Å²) in [5.74, 6) is 10.3. The predicted octanol–water partition coefficient (Wildman–Crippen LogP) is 4.21. The summed E-state index contributed by atoms with van der Waals surface area (Å²) in [6, 6.07) is 0. The first-order chi connectivity index (χ1) is 14.7. The molecule has 162 valence electrons. The maximum atomic E-state index is 12.5. The van der Waals surface area contributed by atoms with Crippen molar-refractivity contribution >= 4 is 11.9 Å². The minimum Gasteiger partial charge on any atom is -0.462 e. The van der Waals surface area contributed by atoms with Crippen molar-refractivity contribution in [3.63, 3.8) is 0 Å². The zero-order chi connectivity index (χ0) is 19.7. The molecule has 0 spiro atoms. The molecule has 30 heavy (non-hydrogen) atoms. The molecule has 14 atom stereocenters. The maximum Gasteiger partial charge on any atom is 0.306 e. The highest BCUT2D eigenvalue weighted by Crippen LogP contribution is 2.81. The van der Waals surface area contributed by atoms with Crippen molar-refractivity contribution in [3.8, 4) is 0 Å². The van der Waals surface area contributed by atoms with E-state index in [0.29, 0.717) is 24.7 Å². The van der Waals surface area contributed by atoms with Gasteiger partial charge in [-0.05, 0) is 111 Å². The Morgan fingerprint density at radius 1 is 0.500 bits per heavy atom. The van der Waals surface area contributed by atoms with Gasteiger partial charge in [-0.15, -0.1) is 0 Å². The van der Waals surface area contributed by atoms with Crippen molar-refractivity contribution in [2.45, 2.75) is 76.4 Å². The fourth-order valence-electron chi connectivity index (χ4n) is 11.7. The van der Waals surface area contributed by atoms with E-state index in [2.05, 4.69) is 0 Å². The zero-order valence-corrected chi connectivity index (χ0v) is 17.8. The molecule has 0 aromatic carbocycles. The third-order valence-corrected chi connectivity index (χ3v) is 11.9. The molecule has 4 bridgehead atoms. The van der Waals surface area contributed by atoms with Gasteiger partial charge in [0, 0.05) is 24.7 Å². The van der Waals surface area contributed by atoms with E-state index in [9.17, 15) is 9.59 Å². The SMILES string of the molecule is O=C1CCCCC(=O)O[C@@H]2CC[C@@H]3[C@H]4C[C@H]([C@H]5[C@@H]4[C@@H]4[C@@H]6C[C@H]([C@@H]45)[C@H]4[C@@H]6CC[C@H]4O1)[C@@H]32. The molecule has 1 heterocycles. The average Bonchev–Trinajstić information content (AvgIpc) is 3.48. The van der Waals surface area contributed by atoms with Crippen molar-refractivity contribution in [2.75, 3.05) is 0 Å². The van der Waals surface area contributed by atoms with Gasteiger partial charge >= 0.3 is 11.9 Å². The summed E-state index contributed by atoms with van der Waals surface area (Å²) >= 11 is 0. The molecule has 7 aliphatic carbocycles. The molecule has 0 aromatic rings. The third kappa shape index (κ3) is 1.97.